The van der Waals surface area contributed by atoms with Gasteiger partial charge < -0.3 is 10.2 Å². The Hall–Kier alpha value is -1.62. The van der Waals surface area contributed by atoms with E-state index in [1.54, 1.807) is 0 Å². The van der Waals surface area contributed by atoms with Gasteiger partial charge in [0.2, 0.25) is 5.95 Å². The van der Waals surface area contributed by atoms with Gasteiger partial charge in [-0.1, -0.05) is 13.0 Å². The zero-order chi connectivity index (χ0) is 13.9. The third-order valence-corrected chi connectivity index (χ3v) is 4.13. The first-order chi connectivity index (χ1) is 9.78. The van der Waals surface area contributed by atoms with Crippen molar-refractivity contribution in [3.63, 3.8) is 0 Å². The summed E-state index contributed by atoms with van der Waals surface area (Å²) in [6.45, 7) is 8.57. The van der Waals surface area contributed by atoms with E-state index in [1.165, 1.54) is 18.4 Å². The Labute approximate surface area is 120 Å². The number of hydrogen-bond donors (Lipinski definition) is 1. The van der Waals surface area contributed by atoms with Crippen LogP contribution in [-0.2, 0) is 0 Å². The molecule has 0 bridgehead atoms. The molecule has 0 aliphatic carbocycles. The second kappa shape index (κ2) is 5.79. The van der Waals surface area contributed by atoms with Gasteiger partial charge in [0, 0.05) is 19.3 Å². The van der Waals surface area contributed by atoms with Crippen LogP contribution in [0, 0.1) is 12.8 Å². The van der Waals surface area contributed by atoms with Gasteiger partial charge in [-0.15, -0.1) is 5.10 Å². The predicted octanol–water partition coefficient (Wildman–Crippen LogP) is 1.86. The second-order valence-electron chi connectivity index (χ2n) is 5.61. The van der Waals surface area contributed by atoms with Crippen molar-refractivity contribution in [1.82, 2.24) is 19.9 Å². The van der Waals surface area contributed by atoms with Gasteiger partial charge in [-0.05, 0) is 50.4 Å². The molecule has 0 unspecified atom stereocenters. The lowest BCUT2D eigenvalue weighted by Crippen LogP contribution is -2.37. The summed E-state index contributed by atoms with van der Waals surface area (Å²) in [5.41, 5.74) is 2.14. The van der Waals surface area contributed by atoms with E-state index in [0.717, 1.165) is 43.7 Å². The number of rotatable bonds is 4. The van der Waals surface area contributed by atoms with E-state index in [2.05, 4.69) is 40.2 Å². The Balaban J connectivity index is 1.69. The summed E-state index contributed by atoms with van der Waals surface area (Å²) in [5.74, 6) is 1.67. The van der Waals surface area contributed by atoms with Crippen LogP contribution >= 0.6 is 0 Å². The molecule has 108 valence electrons. The van der Waals surface area contributed by atoms with Crippen molar-refractivity contribution < 1.29 is 0 Å². The first kappa shape index (κ1) is 13.4. The molecule has 1 aliphatic heterocycles. The summed E-state index contributed by atoms with van der Waals surface area (Å²) in [5, 5.41) is 8.05. The molecule has 0 radical (unpaired) electrons. The number of fused-ring (bicyclic) bond motifs is 1. The summed E-state index contributed by atoms with van der Waals surface area (Å²) in [6, 6.07) is 4.10. The molecule has 3 rings (SSSR count). The van der Waals surface area contributed by atoms with E-state index in [0.29, 0.717) is 0 Å². The quantitative estimate of drug-likeness (QED) is 0.923. The largest absolute Gasteiger partial charge is 0.339 e. The Kier molecular flexibility index (Phi) is 3.87. The maximum atomic E-state index is 4.69. The molecular formula is C15H23N5. The first-order valence-corrected chi connectivity index (χ1v) is 7.55. The number of hydrogen-bond acceptors (Lipinski definition) is 4. The summed E-state index contributed by atoms with van der Waals surface area (Å²) in [6.07, 6.45) is 4.42. The van der Waals surface area contributed by atoms with Crippen molar-refractivity contribution in [3.8, 4) is 0 Å². The van der Waals surface area contributed by atoms with Gasteiger partial charge in [0.25, 0.3) is 0 Å². The second-order valence-corrected chi connectivity index (χ2v) is 5.61. The van der Waals surface area contributed by atoms with Crippen molar-refractivity contribution in [2.75, 3.05) is 31.1 Å². The van der Waals surface area contributed by atoms with Crippen LogP contribution in [-0.4, -0.2) is 40.8 Å². The molecule has 5 nitrogen and oxygen atoms in total. The molecule has 0 aromatic carbocycles. The molecule has 0 amide bonds. The molecule has 0 atom stereocenters. The Bertz CT molecular complexity index is 569. The number of nitrogens with zero attached hydrogens (tertiary/aromatic N) is 4. The number of nitrogens with one attached hydrogen (secondary N) is 1. The molecule has 1 N–H and O–H groups in total. The number of piperidine rings is 1. The molecule has 3 heterocycles. The smallest absolute Gasteiger partial charge is 0.245 e. The third kappa shape index (κ3) is 2.63. The topological polar surface area (TPSA) is 45.5 Å². The van der Waals surface area contributed by atoms with Crippen LogP contribution in [0.25, 0.3) is 5.65 Å². The number of pyridine rings is 1. The van der Waals surface area contributed by atoms with E-state index in [-0.39, 0.29) is 0 Å². The normalized spacial score (nSPS) is 17.0. The average Bonchev–Trinajstić information content (AvgIpc) is 2.91. The molecule has 1 aliphatic rings. The Morgan fingerprint density at radius 3 is 2.85 bits per heavy atom. The van der Waals surface area contributed by atoms with Crippen LogP contribution < -0.4 is 10.2 Å². The lowest BCUT2D eigenvalue weighted by molar-refractivity contribution is 0.384. The zero-order valence-corrected chi connectivity index (χ0v) is 12.3. The van der Waals surface area contributed by atoms with Crippen molar-refractivity contribution >= 4 is 11.6 Å². The highest BCUT2D eigenvalue weighted by atomic mass is 15.4. The van der Waals surface area contributed by atoms with E-state index in [1.807, 2.05) is 16.8 Å². The minimum Gasteiger partial charge on any atom is -0.339 e. The molecule has 2 aromatic heterocycles. The highest BCUT2D eigenvalue weighted by Gasteiger charge is 2.21. The van der Waals surface area contributed by atoms with E-state index >= 15 is 0 Å². The monoisotopic (exact) mass is 273 g/mol. The minimum absolute atomic E-state index is 0.796. The molecule has 20 heavy (non-hydrogen) atoms. The molecule has 0 spiro atoms. The van der Waals surface area contributed by atoms with Gasteiger partial charge in [-0.25, -0.2) is 4.52 Å². The Morgan fingerprint density at radius 1 is 1.35 bits per heavy atom. The number of aryl methyl sites for hydroxylation is 1. The van der Waals surface area contributed by atoms with Crippen molar-refractivity contribution in [3.05, 3.63) is 23.9 Å². The van der Waals surface area contributed by atoms with Crippen LogP contribution in [0.5, 0.6) is 0 Å². The first-order valence-electron chi connectivity index (χ1n) is 7.55. The fourth-order valence-electron chi connectivity index (χ4n) is 2.85. The number of anilines is 1. The van der Waals surface area contributed by atoms with Gasteiger partial charge in [0.15, 0.2) is 5.65 Å². The minimum atomic E-state index is 0.796. The maximum Gasteiger partial charge on any atom is 0.245 e. The molecule has 0 saturated carbocycles. The summed E-state index contributed by atoms with van der Waals surface area (Å²) >= 11 is 0. The van der Waals surface area contributed by atoms with Crippen LogP contribution in [0.2, 0.25) is 0 Å². The molecule has 2 aromatic rings. The third-order valence-electron chi connectivity index (χ3n) is 4.13. The van der Waals surface area contributed by atoms with Crippen LogP contribution in [0.4, 0.5) is 5.95 Å². The highest BCUT2D eigenvalue weighted by Crippen LogP contribution is 2.21. The van der Waals surface area contributed by atoms with E-state index in [9.17, 15) is 0 Å². The van der Waals surface area contributed by atoms with Gasteiger partial charge in [0.05, 0.1) is 0 Å². The molecule has 5 heteroatoms. The van der Waals surface area contributed by atoms with E-state index < -0.39 is 0 Å². The molecule has 1 saturated heterocycles. The molecule has 1 fully saturated rings. The standard InChI is InChI=1S/C15H23N5/c1-3-16-11-13-6-9-19(10-7-13)15-17-14-12(2)5-4-8-20(14)18-15/h4-5,8,13,16H,3,6-7,9-11H2,1-2H3. The van der Waals surface area contributed by atoms with Gasteiger partial charge in [0.1, 0.15) is 0 Å². The summed E-state index contributed by atoms with van der Waals surface area (Å²) in [7, 11) is 0. The summed E-state index contributed by atoms with van der Waals surface area (Å²) in [4.78, 5) is 7.00. The SMILES string of the molecule is CCNCC1CCN(c2nc3c(C)cccn3n2)CC1. The summed E-state index contributed by atoms with van der Waals surface area (Å²) < 4.78 is 1.88. The van der Waals surface area contributed by atoms with Crippen molar-refractivity contribution in [1.29, 1.82) is 0 Å². The van der Waals surface area contributed by atoms with Gasteiger partial charge in [-0.3, -0.25) is 0 Å². The highest BCUT2D eigenvalue weighted by molar-refractivity contribution is 5.50. The zero-order valence-electron chi connectivity index (χ0n) is 12.3. The van der Waals surface area contributed by atoms with Crippen molar-refractivity contribution in [2.24, 2.45) is 5.92 Å². The van der Waals surface area contributed by atoms with Crippen LogP contribution in [0.15, 0.2) is 18.3 Å². The van der Waals surface area contributed by atoms with Crippen LogP contribution in [0.3, 0.4) is 0 Å². The van der Waals surface area contributed by atoms with Crippen molar-refractivity contribution in [2.45, 2.75) is 26.7 Å². The average molecular weight is 273 g/mol. The van der Waals surface area contributed by atoms with E-state index in [4.69, 9.17) is 0 Å². The lowest BCUT2D eigenvalue weighted by atomic mass is 9.97. The fraction of sp³-hybridized carbons (Fsp3) is 0.600. The van der Waals surface area contributed by atoms with Crippen LogP contribution in [0.1, 0.15) is 25.3 Å². The molecular weight excluding hydrogens is 250 g/mol. The predicted molar refractivity (Wildman–Crippen MR) is 81.2 cm³/mol. The maximum absolute atomic E-state index is 4.69. The fourth-order valence-corrected chi connectivity index (χ4v) is 2.85. The van der Waals surface area contributed by atoms with Gasteiger partial charge >= 0.3 is 0 Å². The Morgan fingerprint density at radius 2 is 2.15 bits per heavy atom. The lowest BCUT2D eigenvalue weighted by Gasteiger charge is -2.31. The number of aromatic nitrogens is 3. The van der Waals surface area contributed by atoms with Gasteiger partial charge in [-0.2, -0.15) is 4.98 Å².